The highest BCUT2D eigenvalue weighted by Crippen LogP contribution is 2.18. The third kappa shape index (κ3) is 47.4. The lowest BCUT2D eigenvalue weighted by atomic mass is 10.0. The fraction of sp³-hybridized carbons (Fsp3) is 0.942. The van der Waals surface area contributed by atoms with Gasteiger partial charge in [-0.15, -0.1) is 0 Å². The summed E-state index contributed by atoms with van der Waals surface area (Å²) in [5, 5.41) is 0. The van der Waals surface area contributed by atoms with Gasteiger partial charge in [0.05, 0.1) is 6.10 Å². The summed E-state index contributed by atoms with van der Waals surface area (Å²) < 4.78 is 5.69. The standard InChI is InChI=1S/C52H102O2/c1-4-6-8-10-12-14-16-18-20-21-22-23-24-25-26-27-28-29-30-31-32-33-34-36-37-39-41-43-45-47-49-51(3)54-52(53)50-48-46-44-42-40-38-35-19-17-15-13-11-9-7-5-2/h19,35,51H,4-18,20-34,36-50H2,1-3H3/b35-19-. The van der Waals surface area contributed by atoms with Crippen LogP contribution in [0.5, 0.6) is 0 Å². The van der Waals surface area contributed by atoms with E-state index < -0.39 is 0 Å². The highest BCUT2D eigenvalue weighted by molar-refractivity contribution is 5.69. The second kappa shape index (κ2) is 48.4. The zero-order valence-electron chi connectivity index (χ0n) is 37.9. The normalized spacial score (nSPS) is 12.3. The van der Waals surface area contributed by atoms with Crippen LogP contribution in [-0.2, 0) is 9.53 Å². The minimum Gasteiger partial charge on any atom is -0.463 e. The van der Waals surface area contributed by atoms with Crippen LogP contribution in [0.3, 0.4) is 0 Å². The first-order valence-electron chi connectivity index (χ1n) is 25.5. The van der Waals surface area contributed by atoms with Crippen molar-refractivity contribution in [1.82, 2.24) is 0 Å². The number of unbranched alkanes of at least 4 members (excludes halogenated alkanes) is 40. The molecule has 0 fully saturated rings. The van der Waals surface area contributed by atoms with E-state index in [2.05, 4.69) is 32.9 Å². The van der Waals surface area contributed by atoms with Gasteiger partial charge in [-0.25, -0.2) is 0 Å². The average molecular weight is 759 g/mol. The van der Waals surface area contributed by atoms with Gasteiger partial charge in [0.1, 0.15) is 0 Å². The van der Waals surface area contributed by atoms with Crippen molar-refractivity contribution >= 4 is 5.97 Å². The van der Waals surface area contributed by atoms with Crippen LogP contribution in [0.4, 0.5) is 0 Å². The third-order valence-corrected chi connectivity index (χ3v) is 11.9. The fourth-order valence-electron chi connectivity index (χ4n) is 8.14. The summed E-state index contributed by atoms with van der Waals surface area (Å²) in [5.41, 5.74) is 0. The maximum atomic E-state index is 12.2. The number of esters is 1. The summed E-state index contributed by atoms with van der Waals surface area (Å²) in [6.07, 6.45) is 66.4. The van der Waals surface area contributed by atoms with E-state index in [1.54, 1.807) is 0 Å². The Morgan fingerprint density at radius 1 is 0.352 bits per heavy atom. The first-order valence-corrected chi connectivity index (χ1v) is 25.5. The molecule has 0 heterocycles. The van der Waals surface area contributed by atoms with Gasteiger partial charge in [0.15, 0.2) is 0 Å². The summed E-state index contributed by atoms with van der Waals surface area (Å²) in [6.45, 7) is 6.67. The number of carbonyl (C=O) groups is 1. The van der Waals surface area contributed by atoms with Crippen LogP contribution in [0.1, 0.15) is 310 Å². The molecule has 0 saturated carbocycles. The monoisotopic (exact) mass is 759 g/mol. The fourth-order valence-corrected chi connectivity index (χ4v) is 8.14. The lowest BCUT2D eigenvalue weighted by molar-refractivity contribution is -0.148. The molecule has 1 unspecified atom stereocenters. The summed E-state index contributed by atoms with van der Waals surface area (Å²) in [6, 6.07) is 0. The molecule has 0 amide bonds. The van der Waals surface area contributed by atoms with Crippen LogP contribution in [0.15, 0.2) is 12.2 Å². The van der Waals surface area contributed by atoms with E-state index in [1.807, 2.05) is 0 Å². The van der Waals surface area contributed by atoms with E-state index in [0.717, 1.165) is 19.3 Å². The van der Waals surface area contributed by atoms with Crippen LogP contribution >= 0.6 is 0 Å². The van der Waals surface area contributed by atoms with Gasteiger partial charge >= 0.3 is 5.97 Å². The van der Waals surface area contributed by atoms with Crippen LogP contribution in [0.2, 0.25) is 0 Å². The maximum absolute atomic E-state index is 12.2. The van der Waals surface area contributed by atoms with Gasteiger partial charge in [-0.1, -0.05) is 264 Å². The Kier molecular flexibility index (Phi) is 47.7. The Hall–Kier alpha value is -0.790. The molecule has 2 nitrogen and oxygen atoms in total. The molecule has 1 atom stereocenters. The first kappa shape index (κ1) is 53.2. The van der Waals surface area contributed by atoms with E-state index in [9.17, 15) is 4.79 Å². The maximum Gasteiger partial charge on any atom is 0.306 e. The van der Waals surface area contributed by atoms with Gasteiger partial charge in [-0.3, -0.25) is 4.79 Å². The predicted octanol–water partition coefficient (Wildman–Crippen LogP) is 19.1. The quantitative estimate of drug-likeness (QED) is 0.0351. The molecule has 322 valence electrons. The molecule has 0 aromatic rings. The van der Waals surface area contributed by atoms with Crippen molar-refractivity contribution in [3.05, 3.63) is 12.2 Å². The zero-order chi connectivity index (χ0) is 39.1. The van der Waals surface area contributed by atoms with Crippen molar-refractivity contribution in [3.63, 3.8) is 0 Å². The summed E-state index contributed by atoms with van der Waals surface area (Å²) in [5.74, 6) is 0.0192. The Morgan fingerprint density at radius 3 is 0.889 bits per heavy atom. The zero-order valence-corrected chi connectivity index (χ0v) is 37.9. The summed E-state index contributed by atoms with van der Waals surface area (Å²) in [4.78, 5) is 12.2. The van der Waals surface area contributed by atoms with Gasteiger partial charge in [0.2, 0.25) is 0 Å². The summed E-state index contributed by atoms with van der Waals surface area (Å²) >= 11 is 0. The number of ether oxygens (including phenoxy) is 1. The largest absolute Gasteiger partial charge is 0.463 e. The molecular weight excluding hydrogens is 657 g/mol. The molecule has 0 aliphatic carbocycles. The highest BCUT2D eigenvalue weighted by Gasteiger charge is 2.09. The van der Waals surface area contributed by atoms with E-state index in [4.69, 9.17) is 4.74 Å². The molecule has 0 radical (unpaired) electrons. The SMILES string of the molecule is CCCCCCCC/C=C\CCCCCCCC(=O)OC(C)CCCCCCCCCCCCCCCCCCCCCCCCCCCCCCCC. The molecule has 0 aromatic carbocycles. The number of rotatable bonds is 47. The van der Waals surface area contributed by atoms with E-state index in [0.29, 0.717) is 6.42 Å². The van der Waals surface area contributed by atoms with Gasteiger partial charge in [0, 0.05) is 6.42 Å². The van der Waals surface area contributed by atoms with Crippen molar-refractivity contribution in [2.75, 3.05) is 0 Å². The van der Waals surface area contributed by atoms with Crippen molar-refractivity contribution < 1.29 is 9.53 Å². The van der Waals surface area contributed by atoms with Crippen LogP contribution in [0.25, 0.3) is 0 Å². The molecule has 0 spiro atoms. The predicted molar refractivity (Wildman–Crippen MR) is 244 cm³/mol. The molecule has 2 heteroatoms. The van der Waals surface area contributed by atoms with Crippen LogP contribution in [0, 0.1) is 0 Å². The van der Waals surface area contributed by atoms with E-state index in [-0.39, 0.29) is 12.1 Å². The van der Waals surface area contributed by atoms with Crippen molar-refractivity contribution in [3.8, 4) is 0 Å². The third-order valence-electron chi connectivity index (χ3n) is 11.9. The van der Waals surface area contributed by atoms with Crippen LogP contribution in [-0.4, -0.2) is 12.1 Å². The Labute approximate surface area is 342 Å². The lowest BCUT2D eigenvalue weighted by Crippen LogP contribution is -2.14. The smallest absolute Gasteiger partial charge is 0.306 e. The van der Waals surface area contributed by atoms with Crippen molar-refractivity contribution in [2.45, 2.75) is 316 Å². The first-order chi connectivity index (χ1) is 26.7. The minimum atomic E-state index is 0.0192. The molecule has 0 rings (SSSR count). The number of carbonyl (C=O) groups excluding carboxylic acids is 1. The molecule has 0 aliphatic rings. The topological polar surface area (TPSA) is 26.3 Å². The Bertz CT molecular complexity index is 713. The Morgan fingerprint density at radius 2 is 0.593 bits per heavy atom. The van der Waals surface area contributed by atoms with Gasteiger partial charge in [-0.05, 0) is 51.9 Å². The second-order valence-electron chi connectivity index (χ2n) is 17.7. The summed E-state index contributed by atoms with van der Waals surface area (Å²) in [7, 11) is 0. The van der Waals surface area contributed by atoms with Crippen LogP contribution < -0.4 is 0 Å². The van der Waals surface area contributed by atoms with E-state index in [1.165, 1.54) is 263 Å². The molecule has 0 saturated heterocycles. The van der Waals surface area contributed by atoms with Crippen molar-refractivity contribution in [2.24, 2.45) is 0 Å². The second-order valence-corrected chi connectivity index (χ2v) is 17.7. The molecule has 0 N–H and O–H groups in total. The van der Waals surface area contributed by atoms with E-state index >= 15 is 0 Å². The number of allylic oxidation sites excluding steroid dienone is 2. The Balaban J connectivity index is 3.23. The minimum absolute atomic E-state index is 0.0192. The van der Waals surface area contributed by atoms with Gasteiger partial charge in [0.25, 0.3) is 0 Å². The van der Waals surface area contributed by atoms with Gasteiger partial charge < -0.3 is 4.74 Å². The number of hydrogen-bond acceptors (Lipinski definition) is 2. The average Bonchev–Trinajstić information content (AvgIpc) is 3.17. The van der Waals surface area contributed by atoms with Crippen molar-refractivity contribution in [1.29, 1.82) is 0 Å². The number of hydrogen-bond donors (Lipinski definition) is 0. The molecule has 0 aromatic heterocycles. The molecule has 0 bridgehead atoms. The van der Waals surface area contributed by atoms with Gasteiger partial charge in [-0.2, -0.15) is 0 Å². The highest BCUT2D eigenvalue weighted by atomic mass is 16.5. The molecular formula is C52H102O2. The lowest BCUT2D eigenvalue weighted by Gasteiger charge is -2.13. The molecule has 0 aliphatic heterocycles. The molecule has 54 heavy (non-hydrogen) atoms.